The van der Waals surface area contributed by atoms with Gasteiger partial charge in [0.15, 0.2) is 6.73 Å². The van der Waals surface area contributed by atoms with Crippen molar-refractivity contribution in [2.45, 2.75) is 0 Å². The Hall–Kier alpha value is -1.91. The number of hydrogen-bond acceptors (Lipinski definition) is 2. The summed E-state index contributed by atoms with van der Waals surface area (Å²) in [7, 11) is 0. The summed E-state index contributed by atoms with van der Waals surface area (Å²) in [5.74, 6) is 0.623. The fraction of sp³-hybridized carbons (Fsp3) is 0.0714. The molecule has 6 heteroatoms. The molecule has 0 aliphatic heterocycles. The average Bonchev–Trinajstić information content (AvgIpc) is 2.41. The van der Waals surface area contributed by atoms with Crippen LogP contribution in [0, 0.1) is 0 Å². The van der Waals surface area contributed by atoms with Crippen LogP contribution in [0.4, 0.5) is 10.5 Å². The van der Waals surface area contributed by atoms with E-state index in [4.69, 9.17) is 27.9 Å². The van der Waals surface area contributed by atoms with Crippen LogP contribution >= 0.6 is 23.2 Å². The van der Waals surface area contributed by atoms with Gasteiger partial charge in [-0.15, -0.1) is 0 Å². The first-order valence-corrected chi connectivity index (χ1v) is 6.58. The lowest BCUT2D eigenvalue weighted by Crippen LogP contribution is -2.31. The van der Waals surface area contributed by atoms with Crippen LogP contribution in [-0.2, 0) is 0 Å². The molecular weight excluding hydrogens is 299 g/mol. The van der Waals surface area contributed by atoms with E-state index in [1.165, 1.54) is 0 Å². The fourth-order valence-corrected chi connectivity index (χ4v) is 1.77. The smallest absolute Gasteiger partial charge is 0.321 e. The maximum absolute atomic E-state index is 11.6. The van der Waals surface area contributed by atoms with Gasteiger partial charge in [-0.25, -0.2) is 4.79 Å². The number of hydrogen-bond donors (Lipinski definition) is 2. The molecule has 0 aliphatic carbocycles. The Bertz CT molecular complexity index is 588. The van der Waals surface area contributed by atoms with Crippen LogP contribution in [0.5, 0.6) is 5.75 Å². The van der Waals surface area contributed by atoms with Crippen LogP contribution in [0.15, 0.2) is 48.5 Å². The van der Waals surface area contributed by atoms with Gasteiger partial charge in [-0.3, -0.25) is 0 Å². The third kappa shape index (κ3) is 4.64. The minimum absolute atomic E-state index is 0.0496. The van der Waals surface area contributed by atoms with E-state index in [-0.39, 0.29) is 12.8 Å². The predicted molar refractivity (Wildman–Crippen MR) is 80.6 cm³/mol. The largest absolute Gasteiger partial charge is 0.473 e. The van der Waals surface area contributed by atoms with Gasteiger partial charge >= 0.3 is 6.03 Å². The predicted octanol–water partition coefficient (Wildman–Crippen LogP) is 4.15. The number of urea groups is 1. The van der Waals surface area contributed by atoms with E-state index >= 15 is 0 Å². The maximum Gasteiger partial charge on any atom is 0.321 e. The Kier molecular flexibility index (Phi) is 5.09. The molecule has 2 aromatic rings. The molecule has 0 saturated carbocycles. The van der Waals surface area contributed by atoms with Crippen molar-refractivity contribution in [3.05, 3.63) is 58.6 Å². The quantitative estimate of drug-likeness (QED) is 0.833. The molecule has 2 rings (SSSR count). The first kappa shape index (κ1) is 14.5. The minimum atomic E-state index is -0.374. The fourth-order valence-electron chi connectivity index (χ4n) is 1.46. The first-order chi connectivity index (χ1) is 9.63. The highest BCUT2D eigenvalue weighted by Crippen LogP contribution is 2.15. The summed E-state index contributed by atoms with van der Waals surface area (Å²) < 4.78 is 5.34. The van der Waals surface area contributed by atoms with Gasteiger partial charge in [-0.1, -0.05) is 29.3 Å². The third-order valence-electron chi connectivity index (χ3n) is 2.37. The van der Waals surface area contributed by atoms with E-state index in [1.54, 1.807) is 48.5 Å². The molecule has 0 spiro atoms. The van der Waals surface area contributed by atoms with Crippen LogP contribution in [0.1, 0.15) is 0 Å². The molecule has 4 nitrogen and oxygen atoms in total. The van der Waals surface area contributed by atoms with Gasteiger partial charge in [0.2, 0.25) is 0 Å². The molecule has 2 aromatic carbocycles. The molecule has 0 bridgehead atoms. The number of anilines is 1. The molecule has 0 atom stereocenters. The monoisotopic (exact) mass is 310 g/mol. The molecule has 2 amide bonds. The Morgan fingerprint density at radius 2 is 1.80 bits per heavy atom. The molecule has 0 aliphatic rings. The van der Waals surface area contributed by atoms with Crippen LogP contribution < -0.4 is 15.4 Å². The van der Waals surface area contributed by atoms with E-state index < -0.39 is 0 Å². The van der Waals surface area contributed by atoms with Crippen molar-refractivity contribution in [1.82, 2.24) is 5.32 Å². The van der Waals surface area contributed by atoms with Gasteiger partial charge < -0.3 is 15.4 Å². The van der Waals surface area contributed by atoms with E-state index in [9.17, 15) is 4.79 Å². The normalized spacial score (nSPS) is 9.90. The second-order valence-corrected chi connectivity index (χ2v) is 4.76. The lowest BCUT2D eigenvalue weighted by Gasteiger charge is -2.09. The van der Waals surface area contributed by atoms with Gasteiger partial charge in [0.1, 0.15) is 5.75 Å². The number of rotatable bonds is 4. The lowest BCUT2D eigenvalue weighted by molar-refractivity contribution is 0.234. The zero-order valence-electron chi connectivity index (χ0n) is 10.4. The van der Waals surface area contributed by atoms with Gasteiger partial charge in [0.25, 0.3) is 0 Å². The molecule has 2 N–H and O–H groups in total. The molecule has 0 fully saturated rings. The highest BCUT2D eigenvalue weighted by molar-refractivity contribution is 6.31. The van der Waals surface area contributed by atoms with Crippen LogP contribution in [0.3, 0.4) is 0 Å². The van der Waals surface area contributed by atoms with E-state index in [2.05, 4.69) is 10.6 Å². The molecule has 0 heterocycles. The minimum Gasteiger partial charge on any atom is -0.473 e. The first-order valence-electron chi connectivity index (χ1n) is 5.82. The Morgan fingerprint density at radius 1 is 1.05 bits per heavy atom. The highest BCUT2D eigenvalue weighted by atomic mass is 35.5. The van der Waals surface area contributed by atoms with Crippen molar-refractivity contribution >= 4 is 34.9 Å². The number of nitrogens with one attached hydrogen (secondary N) is 2. The number of benzene rings is 2. The number of halogens is 2. The molecule has 0 saturated heterocycles. The average molecular weight is 311 g/mol. The number of amides is 2. The summed E-state index contributed by atoms with van der Waals surface area (Å²) in [6.07, 6.45) is 0. The third-order valence-corrected chi connectivity index (χ3v) is 2.85. The molecule has 0 unspecified atom stereocenters. The summed E-state index contributed by atoms with van der Waals surface area (Å²) in [5.41, 5.74) is 0.612. The van der Waals surface area contributed by atoms with Crippen molar-refractivity contribution in [3.8, 4) is 5.75 Å². The Labute approximate surface area is 126 Å². The van der Waals surface area contributed by atoms with Crippen molar-refractivity contribution in [2.24, 2.45) is 0 Å². The van der Waals surface area contributed by atoms with Crippen LogP contribution in [0.2, 0.25) is 10.0 Å². The van der Waals surface area contributed by atoms with Crippen LogP contribution in [0.25, 0.3) is 0 Å². The highest BCUT2D eigenvalue weighted by Gasteiger charge is 2.01. The van der Waals surface area contributed by atoms with Gasteiger partial charge in [-0.2, -0.15) is 0 Å². The van der Waals surface area contributed by atoms with E-state index in [1.807, 2.05) is 0 Å². The summed E-state index contributed by atoms with van der Waals surface area (Å²) in [6, 6.07) is 13.4. The molecule has 0 radical (unpaired) electrons. The van der Waals surface area contributed by atoms with Crippen molar-refractivity contribution in [3.63, 3.8) is 0 Å². The molecule has 0 aromatic heterocycles. The van der Waals surface area contributed by atoms with E-state index in [0.29, 0.717) is 21.5 Å². The maximum atomic E-state index is 11.6. The van der Waals surface area contributed by atoms with Crippen molar-refractivity contribution in [1.29, 1.82) is 0 Å². The van der Waals surface area contributed by atoms with Gasteiger partial charge in [-0.05, 0) is 42.5 Å². The number of carbonyl (C=O) groups is 1. The van der Waals surface area contributed by atoms with Crippen molar-refractivity contribution < 1.29 is 9.53 Å². The Morgan fingerprint density at radius 3 is 2.50 bits per heavy atom. The topological polar surface area (TPSA) is 50.4 Å². The zero-order valence-corrected chi connectivity index (χ0v) is 11.9. The standard InChI is InChI=1S/C14H12Cl2N2O2/c15-10-4-6-13(7-5-10)20-9-17-14(19)18-12-3-1-2-11(16)8-12/h1-8H,9H2,(H2,17,18,19). The molecule has 104 valence electrons. The Balaban J connectivity index is 1.76. The number of ether oxygens (including phenoxy) is 1. The van der Waals surface area contributed by atoms with E-state index in [0.717, 1.165) is 0 Å². The molecule has 20 heavy (non-hydrogen) atoms. The van der Waals surface area contributed by atoms with Crippen molar-refractivity contribution in [2.75, 3.05) is 12.0 Å². The summed E-state index contributed by atoms with van der Waals surface area (Å²) in [5, 5.41) is 6.39. The van der Waals surface area contributed by atoms with Gasteiger partial charge in [0.05, 0.1) is 0 Å². The SMILES string of the molecule is O=C(NCOc1ccc(Cl)cc1)Nc1cccc(Cl)c1. The lowest BCUT2D eigenvalue weighted by atomic mass is 10.3. The zero-order chi connectivity index (χ0) is 14.4. The second-order valence-electron chi connectivity index (χ2n) is 3.88. The summed E-state index contributed by atoms with van der Waals surface area (Å²) in [4.78, 5) is 11.6. The number of carbonyl (C=O) groups excluding carboxylic acids is 1. The van der Waals surface area contributed by atoms with Crippen LogP contribution in [-0.4, -0.2) is 12.8 Å². The molecular formula is C14H12Cl2N2O2. The summed E-state index contributed by atoms with van der Waals surface area (Å²) in [6.45, 7) is 0.0496. The van der Waals surface area contributed by atoms with Gasteiger partial charge in [0, 0.05) is 15.7 Å². The second kappa shape index (κ2) is 7.03. The summed E-state index contributed by atoms with van der Waals surface area (Å²) >= 11 is 11.6.